The van der Waals surface area contributed by atoms with Crippen molar-refractivity contribution in [2.24, 2.45) is 0 Å². The number of carbonyl (C=O) groups is 1. The Kier molecular flexibility index (Phi) is 8.82. The van der Waals surface area contributed by atoms with Gasteiger partial charge in [0.2, 0.25) is 0 Å². The van der Waals surface area contributed by atoms with Crippen LogP contribution in [-0.2, 0) is 20.8 Å². The van der Waals surface area contributed by atoms with Gasteiger partial charge < -0.3 is 10.0 Å². The molecule has 1 aliphatic heterocycles. The molecule has 7 rings (SSSR count). The molecule has 2 unspecified atom stereocenters. The number of piperidine rings is 1. The first-order valence-corrected chi connectivity index (χ1v) is 15.6. The zero-order valence-electron chi connectivity index (χ0n) is 25.7. The molecule has 0 bridgehead atoms. The Bertz CT molecular complexity index is 1700. The summed E-state index contributed by atoms with van der Waals surface area (Å²) in [5.74, 6) is -2.19. The van der Waals surface area contributed by atoms with E-state index in [0.717, 1.165) is 42.4 Å². The second-order valence-corrected chi connectivity index (χ2v) is 12.6. The van der Waals surface area contributed by atoms with Gasteiger partial charge in [0.15, 0.2) is 5.78 Å². The molecule has 0 radical (unpaired) electrons. The number of fused-ring (bicyclic) bond motifs is 1. The second-order valence-electron chi connectivity index (χ2n) is 12.6. The third-order valence-corrected chi connectivity index (χ3v) is 9.47. The quantitative estimate of drug-likeness (QED) is 0.292. The van der Waals surface area contributed by atoms with Gasteiger partial charge in [-0.3, -0.25) is 9.48 Å². The predicted molar refractivity (Wildman–Crippen MR) is 164 cm³/mol. The summed E-state index contributed by atoms with van der Waals surface area (Å²) in [7, 11) is 0. The number of anilines is 1. The van der Waals surface area contributed by atoms with Gasteiger partial charge in [-0.15, -0.1) is 0 Å². The molecule has 47 heavy (non-hydrogen) atoms. The largest absolute Gasteiger partial charge is 0.399 e. The lowest BCUT2D eigenvalue weighted by Crippen LogP contribution is -2.52. The van der Waals surface area contributed by atoms with Gasteiger partial charge >= 0.3 is 12.3 Å². The normalized spacial score (nSPS) is 21.5. The molecule has 1 saturated heterocycles. The Morgan fingerprint density at radius 2 is 1.43 bits per heavy atom. The van der Waals surface area contributed by atoms with Crippen LogP contribution in [0.1, 0.15) is 90.3 Å². The summed E-state index contributed by atoms with van der Waals surface area (Å²) < 4.78 is 46.3. The first kappa shape index (κ1) is 32.3. The topological polar surface area (TPSA) is 118 Å². The number of Topliss-reactive ketones (excluding diaryl/α,β-unsaturated/α-hetero) is 1. The summed E-state index contributed by atoms with van der Waals surface area (Å²) in [5.41, 5.74) is 0.492. The van der Waals surface area contributed by atoms with Crippen LogP contribution in [0.4, 0.5) is 18.9 Å². The van der Waals surface area contributed by atoms with E-state index >= 15 is 0 Å². The van der Waals surface area contributed by atoms with Crippen LogP contribution in [0.25, 0.3) is 0 Å². The summed E-state index contributed by atoms with van der Waals surface area (Å²) in [6.45, 7) is 2.20. The number of halogens is 3. The lowest BCUT2D eigenvalue weighted by molar-refractivity contribution is -0.198. The minimum atomic E-state index is -4.85. The molecule has 3 heterocycles. The first-order chi connectivity index (χ1) is 22.5. The molecular formula is C35H34F3N5O4. The van der Waals surface area contributed by atoms with E-state index in [2.05, 4.69) is 14.9 Å². The van der Waals surface area contributed by atoms with Crippen molar-refractivity contribution in [1.29, 1.82) is 0 Å². The fraction of sp³-hybridized carbons (Fsp3) is 0.400. The van der Waals surface area contributed by atoms with Crippen LogP contribution in [0.2, 0.25) is 0 Å². The SMILES string of the molecule is CC1(O)C(=O)Cc2c(c(C3CCN(c4cnc(C5CC5)nc4)CC3)nn2C(c2ccccc2)c2ccccc2)C1C(F)(F)F.O=C=O. The van der Waals surface area contributed by atoms with Crippen LogP contribution >= 0.6 is 0 Å². The van der Waals surface area contributed by atoms with E-state index in [1.54, 1.807) is 4.68 Å². The highest BCUT2D eigenvalue weighted by molar-refractivity contribution is 5.92. The number of alkyl halides is 3. The maximum atomic E-state index is 14.9. The molecule has 1 N–H and O–H groups in total. The average Bonchev–Trinajstić information content (AvgIpc) is 3.86. The highest BCUT2D eigenvalue weighted by Gasteiger charge is 2.60. The Morgan fingerprint density at radius 1 is 0.894 bits per heavy atom. The minimum Gasteiger partial charge on any atom is -0.381 e. The lowest BCUT2D eigenvalue weighted by atomic mass is 9.71. The minimum absolute atomic E-state index is 0.0467. The van der Waals surface area contributed by atoms with Crippen molar-refractivity contribution in [3.05, 3.63) is 107 Å². The summed E-state index contributed by atoms with van der Waals surface area (Å²) in [6, 6.07) is 18.4. The Hall–Kier alpha value is -4.67. The standard InChI is InChI=1S/C34H34F3N5O2.CO2/c1-33(44)27(43)18-26-28(31(33)34(35,36)37)29(21-14-16-41(17-15-21)25-19-38-32(39-20-25)24-12-13-24)40-42(26)30(22-8-4-2-5-9-22)23-10-6-3-7-11-23;2-1-3/h2-11,19-21,24,30-31,44H,12-18H2,1H3;. The van der Waals surface area contributed by atoms with Crippen molar-refractivity contribution in [2.45, 2.75) is 74.6 Å². The van der Waals surface area contributed by atoms with Crippen molar-refractivity contribution in [2.75, 3.05) is 18.0 Å². The monoisotopic (exact) mass is 645 g/mol. The van der Waals surface area contributed by atoms with Crippen LogP contribution in [-0.4, -0.2) is 61.7 Å². The van der Waals surface area contributed by atoms with E-state index in [4.69, 9.17) is 14.7 Å². The van der Waals surface area contributed by atoms with Gasteiger partial charge in [-0.2, -0.15) is 27.9 Å². The molecule has 0 spiro atoms. The van der Waals surface area contributed by atoms with Crippen LogP contribution in [0.5, 0.6) is 0 Å². The van der Waals surface area contributed by atoms with Crippen molar-refractivity contribution >= 4 is 17.6 Å². The summed E-state index contributed by atoms with van der Waals surface area (Å²) >= 11 is 0. The maximum Gasteiger partial charge on any atom is 0.399 e. The van der Waals surface area contributed by atoms with Crippen molar-refractivity contribution in [3.63, 3.8) is 0 Å². The van der Waals surface area contributed by atoms with Crippen LogP contribution < -0.4 is 4.90 Å². The highest BCUT2D eigenvalue weighted by Crippen LogP contribution is 2.51. The third kappa shape index (κ3) is 6.35. The molecule has 2 fully saturated rings. The smallest absolute Gasteiger partial charge is 0.381 e. The summed E-state index contributed by atoms with van der Waals surface area (Å²) in [5, 5.41) is 16.1. The average molecular weight is 646 g/mol. The molecule has 1 saturated carbocycles. The van der Waals surface area contributed by atoms with Gasteiger partial charge in [0.1, 0.15) is 23.4 Å². The maximum absolute atomic E-state index is 14.9. The Morgan fingerprint density at radius 3 is 1.91 bits per heavy atom. The molecule has 244 valence electrons. The third-order valence-electron chi connectivity index (χ3n) is 9.47. The van der Waals surface area contributed by atoms with E-state index < -0.39 is 29.5 Å². The molecule has 2 atom stereocenters. The van der Waals surface area contributed by atoms with Crippen LogP contribution in [0.15, 0.2) is 73.1 Å². The van der Waals surface area contributed by atoms with E-state index in [1.165, 1.54) is 0 Å². The van der Waals surface area contributed by atoms with Crippen molar-refractivity contribution < 1.29 is 32.7 Å². The molecule has 9 nitrogen and oxygen atoms in total. The number of rotatable bonds is 6. The number of nitrogens with zero attached hydrogens (tertiary/aromatic N) is 5. The molecule has 12 heteroatoms. The molecular weight excluding hydrogens is 611 g/mol. The number of ketones is 1. The highest BCUT2D eigenvalue weighted by atomic mass is 19.4. The van der Waals surface area contributed by atoms with E-state index in [1.807, 2.05) is 73.1 Å². The lowest BCUT2D eigenvalue weighted by Gasteiger charge is -2.39. The predicted octanol–water partition coefficient (Wildman–Crippen LogP) is 5.51. The van der Waals surface area contributed by atoms with E-state index in [0.29, 0.717) is 37.5 Å². The number of hydrogen-bond donors (Lipinski definition) is 1. The van der Waals surface area contributed by atoms with E-state index in [-0.39, 0.29) is 29.7 Å². The zero-order valence-corrected chi connectivity index (χ0v) is 25.7. The zero-order chi connectivity index (χ0) is 33.3. The molecule has 2 aliphatic carbocycles. The number of benzene rings is 2. The second kappa shape index (κ2) is 12.8. The van der Waals surface area contributed by atoms with Gasteiger partial charge in [0.05, 0.1) is 35.9 Å². The summed E-state index contributed by atoms with van der Waals surface area (Å²) in [6.07, 6.45) is 2.11. The molecule has 2 aromatic carbocycles. The van der Waals surface area contributed by atoms with Crippen LogP contribution in [0.3, 0.4) is 0 Å². The number of hydrogen-bond acceptors (Lipinski definition) is 8. The van der Waals surface area contributed by atoms with Gasteiger partial charge in [0, 0.05) is 30.5 Å². The number of aromatic nitrogens is 4. The van der Waals surface area contributed by atoms with Crippen molar-refractivity contribution in [3.8, 4) is 0 Å². The van der Waals surface area contributed by atoms with Gasteiger partial charge in [0.25, 0.3) is 0 Å². The first-order valence-electron chi connectivity index (χ1n) is 15.6. The van der Waals surface area contributed by atoms with Crippen LogP contribution in [0, 0.1) is 0 Å². The number of aliphatic hydroxyl groups is 1. The van der Waals surface area contributed by atoms with Crippen molar-refractivity contribution in [1.82, 2.24) is 19.7 Å². The molecule has 3 aliphatic rings. The fourth-order valence-electron chi connectivity index (χ4n) is 6.97. The summed E-state index contributed by atoms with van der Waals surface area (Å²) in [4.78, 5) is 40.7. The van der Waals surface area contributed by atoms with Gasteiger partial charge in [-0.1, -0.05) is 60.7 Å². The van der Waals surface area contributed by atoms with E-state index in [9.17, 15) is 23.1 Å². The molecule has 2 aromatic heterocycles. The van der Waals surface area contributed by atoms with Gasteiger partial charge in [-0.25, -0.2) is 9.97 Å². The fourth-order valence-corrected chi connectivity index (χ4v) is 6.97. The Labute approximate surface area is 269 Å². The number of carbonyl (C=O) groups excluding carboxylic acids is 3. The molecule has 0 amide bonds. The van der Waals surface area contributed by atoms with Gasteiger partial charge in [-0.05, 0) is 43.7 Å². The molecule has 4 aromatic rings. The Balaban J connectivity index is 0.00000124.